The maximum Gasteiger partial charge on any atom is 0.179 e. The van der Waals surface area contributed by atoms with Gasteiger partial charge in [0.25, 0.3) is 0 Å². The summed E-state index contributed by atoms with van der Waals surface area (Å²) in [5.41, 5.74) is 8.26. The monoisotopic (exact) mass is 349 g/mol. The topological polar surface area (TPSA) is 123 Å². The Kier molecular flexibility index (Phi) is 3.44. The van der Waals surface area contributed by atoms with Crippen molar-refractivity contribution in [3.63, 3.8) is 0 Å². The summed E-state index contributed by atoms with van der Waals surface area (Å²) in [5.74, 6) is 3.18. The normalized spacial score (nSPS) is 20.2. The Balaban J connectivity index is 1.33. The zero-order chi connectivity index (χ0) is 17.5. The molecule has 5 rings (SSSR count). The van der Waals surface area contributed by atoms with Gasteiger partial charge in [-0.1, -0.05) is 0 Å². The van der Waals surface area contributed by atoms with E-state index in [2.05, 4.69) is 39.9 Å². The predicted molar refractivity (Wildman–Crippen MR) is 97.7 cm³/mol. The van der Waals surface area contributed by atoms with Crippen molar-refractivity contribution in [2.24, 2.45) is 5.92 Å². The lowest BCUT2D eigenvalue weighted by molar-refractivity contribution is 0.558. The van der Waals surface area contributed by atoms with Gasteiger partial charge in [0, 0.05) is 18.7 Å². The molecule has 2 atom stereocenters. The van der Waals surface area contributed by atoms with Crippen LogP contribution in [0.2, 0.25) is 0 Å². The number of nitrogens with zero attached hydrogens (tertiary/aromatic N) is 6. The van der Waals surface area contributed by atoms with Crippen LogP contribution in [-0.4, -0.2) is 41.1 Å². The number of aromatic amines is 1. The fourth-order valence-corrected chi connectivity index (χ4v) is 3.84. The van der Waals surface area contributed by atoms with Gasteiger partial charge in [0.15, 0.2) is 11.3 Å². The van der Waals surface area contributed by atoms with Gasteiger partial charge in [-0.15, -0.1) is 10.2 Å². The van der Waals surface area contributed by atoms with E-state index in [0.29, 0.717) is 17.7 Å². The van der Waals surface area contributed by atoms with E-state index >= 15 is 0 Å². The number of nitrogens with two attached hydrogens (primary N) is 1. The Labute approximate surface area is 149 Å². The number of H-pyrrole nitrogens is 1. The second-order valence-corrected chi connectivity index (χ2v) is 6.80. The summed E-state index contributed by atoms with van der Waals surface area (Å²) in [6, 6.07) is 2.02. The minimum Gasteiger partial charge on any atom is -0.382 e. The van der Waals surface area contributed by atoms with Crippen LogP contribution in [0, 0.1) is 5.92 Å². The molecule has 0 radical (unpaired) electrons. The molecule has 9 heteroatoms. The number of nitrogens with one attached hydrogen (secondary N) is 2. The van der Waals surface area contributed by atoms with Crippen LogP contribution in [0.15, 0.2) is 30.9 Å². The van der Waals surface area contributed by atoms with E-state index in [1.807, 2.05) is 12.3 Å². The lowest BCUT2D eigenvalue weighted by Gasteiger charge is -2.12. The van der Waals surface area contributed by atoms with Gasteiger partial charge in [0.05, 0.1) is 24.1 Å². The van der Waals surface area contributed by atoms with E-state index in [-0.39, 0.29) is 0 Å². The van der Waals surface area contributed by atoms with Crippen LogP contribution in [0.4, 0.5) is 11.6 Å². The van der Waals surface area contributed by atoms with E-state index in [4.69, 9.17) is 5.73 Å². The van der Waals surface area contributed by atoms with Gasteiger partial charge >= 0.3 is 0 Å². The fourth-order valence-electron chi connectivity index (χ4n) is 3.84. The molecule has 0 saturated heterocycles. The Bertz CT molecular complexity index is 1050. The molecule has 1 aliphatic carbocycles. The highest BCUT2D eigenvalue weighted by atomic mass is 15.3. The third kappa shape index (κ3) is 2.52. The molecule has 0 aliphatic heterocycles. The summed E-state index contributed by atoms with van der Waals surface area (Å²) in [6.07, 6.45) is 10.2. The number of nitrogen functional groups attached to an aromatic ring is 1. The molecule has 26 heavy (non-hydrogen) atoms. The Morgan fingerprint density at radius 1 is 1.15 bits per heavy atom. The van der Waals surface area contributed by atoms with Crippen LogP contribution in [0.5, 0.6) is 0 Å². The van der Waals surface area contributed by atoms with Crippen molar-refractivity contribution in [1.29, 1.82) is 0 Å². The van der Waals surface area contributed by atoms with Crippen LogP contribution < -0.4 is 11.1 Å². The van der Waals surface area contributed by atoms with E-state index in [1.165, 1.54) is 0 Å². The van der Waals surface area contributed by atoms with Crippen LogP contribution in [-0.2, 0) is 0 Å². The first-order valence-electron chi connectivity index (χ1n) is 8.76. The highest BCUT2D eigenvalue weighted by Crippen LogP contribution is 2.38. The third-order valence-corrected chi connectivity index (χ3v) is 5.12. The van der Waals surface area contributed by atoms with Crippen molar-refractivity contribution in [2.75, 3.05) is 17.6 Å². The molecular formula is C17H19N9. The summed E-state index contributed by atoms with van der Waals surface area (Å²) < 4.78 is 2.13. The standard InChI is InChI=1S/C17H19N9/c18-13-7-22-14(8-20-13)21-6-10-1-2-11(5-10)17-25-24-15-9-23-16-12(26(15)17)3-4-19-16/h3-4,7-11,19H,1-2,5-6H2,(H2,18,20)(H,21,22)/t10-,11+/m0/s1. The second kappa shape index (κ2) is 5.94. The molecule has 132 valence electrons. The van der Waals surface area contributed by atoms with Crippen molar-refractivity contribution in [3.05, 3.63) is 36.7 Å². The average Bonchev–Trinajstić information content (AvgIpc) is 3.38. The number of hydrogen-bond acceptors (Lipinski definition) is 7. The molecule has 4 heterocycles. The van der Waals surface area contributed by atoms with Crippen LogP contribution >= 0.6 is 0 Å². The van der Waals surface area contributed by atoms with E-state index < -0.39 is 0 Å². The molecule has 4 aromatic rings. The zero-order valence-corrected chi connectivity index (χ0v) is 14.1. The van der Waals surface area contributed by atoms with Gasteiger partial charge in [-0.2, -0.15) is 0 Å². The van der Waals surface area contributed by atoms with Crippen LogP contribution in [0.1, 0.15) is 31.0 Å². The largest absolute Gasteiger partial charge is 0.382 e. The molecule has 1 fully saturated rings. The molecule has 4 aromatic heterocycles. The smallest absolute Gasteiger partial charge is 0.179 e. The number of anilines is 2. The predicted octanol–water partition coefficient (Wildman–Crippen LogP) is 1.97. The highest BCUT2D eigenvalue weighted by molar-refractivity contribution is 5.74. The van der Waals surface area contributed by atoms with E-state index in [9.17, 15) is 0 Å². The average molecular weight is 349 g/mol. The van der Waals surface area contributed by atoms with Gasteiger partial charge in [-0.05, 0) is 31.2 Å². The second-order valence-electron chi connectivity index (χ2n) is 6.80. The minimum absolute atomic E-state index is 0.398. The summed E-state index contributed by atoms with van der Waals surface area (Å²) in [4.78, 5) is 15.8. The SMILES string of the molecule is Nc1cnc(NC[C@H]2CC[C@@H](c3nnc4cnc5[nH]ccc5n34)C2)cn1. The highest BCUT2D eigenvalue weighted by Gasteiger charge is 2.29. The molecule has 0 spiro atoms. The molecule has 0 aromatic carbocycles. The van der Waals surface area contributed by atoms with Gasteiger partial charge in [0.1, 0.15) is 17.5 Å². The van der Waals surface area contributed by atoms with Gasteiger partial charge in [-0.25, -0.2) is 15.0 Å². The molecule has 0 unspecified atom stereocenters. The Hall–Kier alpha value is -3.23. The van der Waals surface area contributed by atoms with Crippen molar-refractivity contribution in [2.45, 2.75) is 25.2 Å². The Morgan fingerprint density at radius 3 is 3.00 bits per heavy atom. The number of rotatable bonds is 4. The first kappa shape index (κ1) is 15.1. The number of fused-ring (bicyclic) bond motifs is 3. The maximum absolute atomic E-state index is 5.57. The summed E-state index contributed by atoms with van der Waals surface area (Å²) >= 11 is 0. The Morgan fingerprint density at radius 2 is 2.12 bits per heavy atom. The first-order chi connectivity index (χ1) is 12.8. The van der Waals surface area contributed by atoms with Crippen molar-refractivity contribution in [3.8, 4) is 0 Å². The molecule has 9 nitrogen and oxygen atoms in total. The first-order valence-corrected chi connectivity index (χ1v) is 8.76. The molecular weight excluding hydrogens is 330 g/mol. The number of aromatic nitrogens is 7. The van der Waals surface area contributed by atoms with Crippen LogP contribution in [0.25, 0.3) is 16.8 Å². The lowest BCUT2D eigenvalue weighted by atomic mass is 10.0. The van der Waals surface area contributed by atoms with Crippen molar-refractivity contribution < 1.29 is 0 Å². The third-order valence-electron chi connectivity index (χ3n) is 5.12. The van der Waals surface area contributed by atoms with E-state index in [0.717, 1.165) is 54.3 Å². The van der Waals surface area contributed by atoms with E-state index in [1.54, 1.807) is 18.6 Å². The van der Waals surface area contributed by atoms with Gasteiger partial charge in [-0.3, -0.25) is 4.40 Å². The summed E-state index contributed by atoms with van der Waals surface area (Å²) in [5, 5.41) is 12.1. The summed E-state index contributed by atoms with van der Waals surface area (Å²) in [7, 11) is 0. The minimum atomic E-state index is 0.398. The maximum atomic E-state index is 5.57. The van der Waals surface area contributed by atoms with Crippen molar-refractivity contribution in [1.82, 2.24) is 34.5 Å². The number of hydrogen-bond donors (Lipinski definition) is 3. The molecule has 1 saturated carbocycles. The van der Waals surface area contributed by atoms with Gasteiger partial charge < -0.3 is 16.0 Å². The van der Waals surface area contributed by atoms with Crippen molar-refractivity contribution >= 4 is 28.4 Å². The molecule has 0 amide bonds. The summed E-state index contributed by atoms with van der Waals surface area (Å²) in [6.45, 7) is 0.868. The van der Waals surface area contributed by atoms with Gasteiger partial charge in [0.2, 0.25) is 0 Å². The zero-order valence-electron chi connectivity index (χ0n) is 14.1. The molecule has 0 bridgehead atoms. The lowest BCUT2D eigenvalue weighted by Crippen LogP contribution is -2.13. The quantitative estimate of drug-likeness (QED) is 0.515. The fraction of sp³-hybridized carbons (Fsp3) is 0.353. The molecule has 4 N–H and O–H groups in total. The van der Waals surface area contributed by atoms with Crippen LogP contribution in [0.3, 0.4) is 0 Å². The molecule has 1 aliphatic rings.